The van der Waals surface area contributed by atoms with Gasteiger partial charge < -0.3 is 20.1 Å². The summed E-state index contributed by atoms with van der Waals surface area (Å²) in [4.78, 5) is 39.5. The van der Waals surface area contributed by atoms with E-state index in [1.54, 1.807) is 38.1 Å². The van der Waals surface area contributed by atoms with Gasteiger partial charge in [0, 0.05) is 16.1 Å². The molecule has 2 atom stereocenters. The van der Waals surface area contributed by atoms with E-state index < -0.39 is 12.1 Å². The minimum atomic E-state index is -0.729. The summed E-state index contributed by atoms with van der Waals surface area (Å²) in [5.41, 5.74) is 3.80. The number of fused-ring (bicyclic) bond motifs is 1. The van der Waals surface area contributed by atoms with Crippen LogP contribution in [-0.4, -0.2) is 30.5 Å². The van der Waals surface area contributed by atoms with Gasteiger partial charge in [-0.15, -0.1) is 11.3 Å². The Hall–Kier alpha value is -3.65. The Balaban J connectivity index is 1.40. The van der Waals surface area contributed by atoms with Crippen molar-refractivity contribution in [3.8, 4) is 5.75 Å². The molecule has 0 spiro atoms. The molecule has 2 amide bonds. The zero-order valence-electron chi connectivity index (χ0n) is 22.3. The molecular weight excluding hydrogens is 500 g/mol. The van der Waals surface area contributed by atoms with Gasteiger partial charge >= 0.3 is 5.97 Å². The van der Waals surface area contributed by atoms with Gasteiger partial charge in [0.05, 0.1) is 12.2 Å². The highest BCUT2D eigenvalue weighted by molar-refractivity contribution is 7.17. The molecule has 0 radical (unpaired) electrons. The summed E-state index contributed by atoms with van der Waals surface area (Å²) >= 11 is 1.46. The van der Waals surface area contributed by atoms with Crippen LogP contribution in [0.25, 0.3) is 0 Å². The molecule has 2 N–H and O–H groups in total. The van der Waals surface area contributed by atoms with Gasteiger partial charge in [0.1, 0.15) is 10.8 Å². The Morgan fingerprint density at radius 3 is 2.39 bits per heavy atom. The lowest BCUT2D eigenvalue weighted by molar-refractivity contribution is -0.122. The fourth-order valence-corrected chi connectivity index (χ4v) is 5.84. The first-order valence-corrected chi connectivity index (χ1v) is 13.9. The molecule has 1 aliphatic carbocycles. The van der Waals surface area contributed by atoms with Crippen LogP contribution in [0.1, 0.15) is 70.8 Å². The van der Waals surface area contributed by atoms with E-state index in [-0.39, 0.29) is 18.4 Å². The van der Waals surface area contributed by atoms with E-state index in [0.29, 0.717) is 33.5 Å². The van der Waals surface area contributed by atoms with Gasteiger partial charge in [0.2, 0.25) is 0 Å². The van der Waals surface area contributed by atoms with E-state index in [2.05, 4.69) is 24.5 Å². The molecular formula is C30H34N2O5S. The number of rotatable bonds is 9. The number of hydrogen-bond donors (Lipinski definition) is 2. The van der Waals surface area contributed by atoms with Crippen LogP contribution < -0.4 is 15.4 Å². The quantitative estimate of drug-likeness (QED) is 0.316. The minimum Gasteiger partial charge on any atom is -0.481 e. The third-order valence-corrected chi connectivity index (χ3v) is 7.82. The average molecular weight is 535 g/mol. The second-order valence-corrected chi connectivity index (χ2v) is 10.7. The van der Waals surface area contributed by atoms with Crippen LogP contribution in [0.4, 0.5) is 10.7 Å². The molecule has 0 saturated heterocycles. The predicted octanol–water partition coefficient (Wildman–Crippen LogP) is 6.27. The predicted molar refractivity (Wildman–Crippen MR) is 150 cm³/mol. The Kier molecular flexibility index (Phi) is 8.84. The number of thiophene rings is 1. The van der Waals surface area contributed by atoms with Gasteiger partial charge in [0.25, 0.3) is 11.8 Å². The third kappa shape index (κ3) is 6.42. The Morgan fingerprint density at radius 1 is 1.03 bits per heavy atom. The van der Waals surface area contributed by atoms with Crippen LogP contribution >= 0.6 is 11.3 Å². The maximum atomic E-state index is 13.1. The lowest BCUT2D eigenvalue weighted by atomic mass is 9.88. The number of carbonyl (C=O) groups is 3. The summed E-state index contributed by atoms with van der Waals surface area (Å²) in [5, 5.41) is 6.31. The summed E-state index contributed by atoms with van der Waals surface area (Å²) in [5.74, 6) is 0.0254. The second kappa shape index (κ2) is 12.3. The van der Waals surface area contributed by atoms with E-state index in [9.17, 15) is 14.4 Å². The number of benzene rings is 2. The van der Waals surface area contributed by atoms with Crippen molar-refractivity contribution in [1.82, 2.24) is 0 Å². The summed E-state index contributed by atoms with van der Waals surface area (Å²) in [6.45, 7) is 7.99. The second-order valence-electron chi connectivity index (χ2n) is 9.55. The largest absolute Gasteiger partial charge is 0.481 e. The van der Waals surface area contributed by atoms with E-state index in [4.69, 9.17) is 9.47 Å². The number of amides is 2. The van der Waals surface area contributed by atoms with E-state index in [0.717, 1.165) is 36.1 Å². The van der Waals surface area contributed by atoms with Crippen molar-refractivity contribution in [1.29, 1.82) is 0 Å². The van der Waals surface area contributed by atoms with Gasteiger partial charge in [-0.3, -0.25) is 9.59 Å². The number of nitrogens with one attached hydrogen (secondary N) is 2. The van der Waals surface area contributed by atoms with Crippen LogP contribution in [0.5, 0.6) is 5.75 Å². The summed E-state index contributed by atoms with van der Waals surface area (Å²) in [6.07, 6.45) is 2.91. The fourth-order valence-electron chi connectivity index (χ4n) is 4.44. The van der Waals surface area contributed by atoms with Crippen molar-refractivity contribution in [2.75, 3.05) is 17.2 Å². The van der Waals surface area contributed by atoms with Gasteiger partial charge in [-0.25, -0.2) is 4.79 Å². The zero-order chi connectivity index (χ0) is 27.2. The molecule has 3 aromatic rings. The standard InChI is InChI=1S/C30H34N2O5S/c1-5-20-8-12-22(13-9-20)31-27(33)19(4)37-23-14-10-21(11-15-23)28(34)32-29-26(30(35)36-6-2)24-16-7-18(3)17-25(24)38-29/h8-15,18-19H,5-7,16-17H2,1-4H3,(H,31,33)(H,32,34)/t18-,19-/m0/s1. The third-order valence-electron chi connectivity index (χ3n) is 6.65. The lowest BCUT2D eigenvalue weighted by Gasteiger charge is -2.18. The Morgan fingerprint density at radius 2 is 1.74 bits per heavy atom. The molecule has 0 unspecified atom stereocenters. The van der Waals surface area contributed by atoms with Crippen LogP contribution in [0.15, 0.2) is 48.5 Å². The monoisotopic (exact) mass is 534 g/mol. The molecule has 1 aliphatic rings. The molecule has 0 bridgehead atoms. The highest BCUT2D eigenvalue weighted by Gasteiger charge is 2.29. The molecule has 4 rings (SSSR count). The molecule has 2 aromatic carbocycles. The number of ether oxygens (including phenoxy) is 2. The van der Waals surface area contributed by atoms with E-state index in [1.165, 1.54) is 16.9 Å². The highest BCUT2D eigenvalue weighted by atomic mass is 32.1. The maximum absolute atomic E-state index is 13.1. The Labute approximate surface area is 227 Å². The smallest absolute Gasteiger partial charge is 0.341 e. The lowest BCUT2D eigenvalue weighted by Crippen LogP contribution is -2.30. The summed E-state index contributed by atoms with van der Waals surface area (Å²) in [6, 6.07) is 14.3. The van der Waals surface area contributed by atoms with E-state index >= 15 is 0 Å². The number of esters is 1. The molecule has 0 aliphatic heterocycles. The first kappa shape index (κ1) is 27.4. The fraction of sp³-hybridized carbons (Fsp3) is 0.367. The number of carbonyl (C=O) groups excluding carboxylic acids is 3. The molecule has 1 heterocycles. The molecule has 0 saturated carbocycles. The number of aryl methyl sites for hydroxylation is 1. The number of anilines is 2. The molecule has 38 heavy (non-hydrogen) atoms. The minimum absolute atomic E-state index is 0.265. The first-order chi connectivity index (χ1) is 18.3. The molecule has 200 valence electrons. The van der Waals surface area contributed by atoms with Crippen LogP contribution in [0.2, 0.25) is 0 Å². The van der Waals surface area contributed by atoms with Crippen LogP contribution in [0, 0.1) is 5.92 Å². The Bertz CT molecular complexity index is 1300. The van der Waals surface area contributed by atoms with E-state index in [1.807, 2.05) is 24.3 Å². The molecule has 0 fully saturated rings. The van der Waals surface area contributed by atoms with Crippen molar-refractivity contribution < 1.29 is 23.9 Å². The summed E-state index contributed by atoms with van der Waals surface area (Å²) in [7, 11) is 0. The zero-order valence-corrected chi connectivity index (χ0v) is 23.1. The molecule has 7 nitrogen and oxygen atoms in total. The molecule has 8 heteroatoms. The normalized spacial score (nSPS) is 15.2. The van der Waals surface area contributed by atoms with Crippen molar-refractivity contribution in [3.05, 3.63) is 75.7 Å². The van der Waals surface area contributed by atoms with Gasteiger partial charge in [-0.2, -0.15) is 0 Å². The van der Waals surface area contributed by atoms with Crippen molar-refractivity contribution >= 4 is 39.8 Å². The highest BCUT2D eigenvalue weighted by Crippen LogP contribution is 2.40. The maximum Gasteiger partial charge on any atom is 0.341 e. The average Bonchev–Trinajstić information content (AvgIpc) is 3.26. The molecule has 1 aromatic heterocycles. The number of hydrogen-bond acceptors (Lipinski definition) is 6. The van der Waals surface area contributed by atoms with Crippen molar-refractivity contribution in [2.45, 2.75) is 59.5 Å². The SMILES string of the molecule is CCOC(=O)c1c(NC(=O)c2ccc(O[C@@H](C)C(=O)Nc3ccc(CC)cc3)cc2)sc2c1CC[C@H](C)C2. The summed E-state index contributed by atoms with van der Waals surface area (Å²) < 4.78 is 11.1. The van der Waals surface area contributed by atoms with Crippen molar-refractivity contribution in [3.63, 3.8) is 0 Å². The van der Waals surface area contributed by atoms with Gasteiger partial charge in [-0.05, 0) is 93.0 Å². The van der Waals surface area contributed by atoms with Gasteiger partial charge in [0.15, 0.2) is 6.10 Å². The van der Waals surface area contributed by atoms with Crippen molar-refractivity contribution in [2.24, 2.45) is 5.92 Å². The van der Waals surface area contributed by atoms with Crippen LogP contribution in [0.3, 0.4) is 0 Å². The van der Waals surface area contributed by atoms with Gasteiger partial charge in [-0.1, -0.05) is 26.0 Å². The first-order valence-electron chi connectivity index (χ1n) is 13.1. The topological polar surface area (TPSA) is 93.7 Å². The van der Waals surface area contributed by atoms with Crippen LogP contribution in [-0.2, 0) is 28.8 Å².